The van der Waals surface area contributed by atoms with Crippen LogP contribution in [0.2, 0.25) is 5.02 Å². The Bertz CT molecular complexity index is 633. The van der Waals surface area contributed by atoms with E-state index in [1.807, 2.05) is 26.0 Å². The minimum absolute atomic E-state index is 0.215. The Morgan fingerprint density at radius 1 is 1.15 bits per heavy atom. The normalized spacial score (nSPS) is 10.3. The lowest BCUT2D eigenvalue weighted by Crippen LogP contribution is -2.07. The molecule has 0 aliphatic carbocycles. The lowest BCUT2D eigenvalue weighted by atomic mass is 10.1. The standard InChI is InChI=1S/C16H16ClNO2/c1-10-5-11(2)7-12(6-10)9-20-16(19)14-8-13(18)3-4-15(14)17/h3-8H,9,18H2,1-2H3. The van der Waals surface area contributed by atoms with E-state index in [4.69, 9.17) is 22.1 Å². The number of anilines is 1. The van der Waals surface area contributed by atoms with Gasteiger partial charge in [-0.3, -0.25) is 0 Å². The van der Waals surface area contributed by atoms with E-state index in [0.717, 1.165) is 16.7 Å². The lowest BCUT2D eigenvalue weighted by molar-refractivity contribution is 0.0473. The van der Waals surface area contributed by atoms with Crippen LogP contribution in [0.4, 0.5) is 5.69 Å². The number of carbonyl (C=O) groups is 1. The van der Waals surface area contributed by atoms with Gasteiger partial charge in [0.15, 0.2) is 0 Å². The zero-order chi connectivity index (χ0) is 14.7. The second-order valence-corrected chi connectivity index (χ2v) is 5.22. The maximum atomic E-state index is 12.0. The first-order valence-electron chi connectivity index (χ1n) is 6.25. The molecule has 0 aromatic heterocycles. The smallest absolute Gasteiger partial charge is 0.340 e. The van der Waals surface area contributed by atoms with Crippen LogP contribution in [0.25, 0.3) is 0 Å². The first-order chi connectivity index (χ1) is 9.45. The number of hydrogen-bond donors (Lipinski definition) is 1. The lowest BCUT2D eigenvalue weighted by Gasteiger charge is -2.08. The van der Waals surface area contributed by atoms with Crippen molar-refractivity contribution in [2.24, 2.45) is 0 Å². The van der Waals surface area contributed by atoms with Gasteiger partial charge in [0.1, 0.15) is 6.61 Å². The largest absolute Gasteiger partial charge is 0.457 e. The van der Waals surface area contributed by atoms with Gasteiger partial charge in [0.25, 0.3) is 0 Å². The van der Waals surface area contributed by atoms with Crippen molar-refractivity contribution in [2.45, 2.75) is 20.5 Å². The molecule has 0 fully saturated rings. The number of halogens is 1. The van der Waals surface area contributed by atoms with Crippen LogP contribution >= 0.6 is 11.6 Å². The number of aryl methyl sites for hydroxylation is 2. The van der Waals surface area contributed by atoms with Gasteiger partial charge >= 0.3 is 5.97 Å². The molecule has 0 atom stereocenters. The quantitative estimate of drug-likeness (QED) is 0.689. The van der Waals surface area contributed by atoms with E-state index in [2.05, 4.69) is 6.07 Å². The number of carbonyl (C=O) groups excluding carboxylic acids is 1. The van der Waals surface area contributed by atoms with E-state index < -0.39 is 5.97 Å². The summed E-state index contributed by atoms with van der Waals surface area (Å²) < 4.78 is 5.28. The Morgan fingerprint density at radius 3 is 2.45 bits per heavy atom. The summed E-state index contributed by atoms with van der Waals surface area (Å²) in [6.45, 7) is 4.23. The van der Waals surface area contributed by atoms with Crippen LogP contribution in [0.1, 0.15) is 27.0 Å². The van der Waals surface area contributed by atoms with Gasteiger partial charge in [-0.2, -0.15) is 0 Å². The molecule has 0 unspecified atom stereocenters. The SMILES string of the molecule is Cc1cc(C)cc(COC(=O)c2cc(N)ccc2Cl)c1. The van der Waals surface area contributed by atoms with E-state index in [0.29, 0.717) is 10.7 Å². The van der Waals surface area contributed by atoms with Crippen LogP contribution < -0.4 is 5.73 Å². The molecule has 0 saturated carbocycles. The molecule has 4 heteroatoms. The van der Waals surface area contributed by atoms with Gasteiger partial charge in [0.2, 0.25) is 0 Å². The molecule has 3 nitrogen and oxygen atoms in total. The highest BCUT2D eigenvalue weighted by molar-refractivity contribution is 6.33. The van der Waals surface area contributed by atoms with Crippen LogP contribution in [0.3, 0.4) is 0 Å². The Balaban J connectivity index is 2.10. The predicted molar refractivity (Wildman–Crippen MR) is 80.9 cm³/mol. The second kappa shape index (κ2) is 5.97. The molecular formula is C16H16ClNO2. The third-order valence-electron chi connectivity index (χ3n) is 2.86. The fraction of sp³-hybridized carbons (Fsp3) is 0.188. The van der Waals surface area contributed by atoms with Gasteiger partial charge in [0.05, 0.1) is 10.6 Å². The van der Waals surface area contributed by atoms with Gasteiger partial charge in [-0.25, -0.2) is 4.79 Å². The molecular weight excluding hydrogens is 274 g/mol. The van der Waals surface area contributed by atoms with Gasteiger partial charge in [-0.05, 0) is 37.6 Å². The third-order valence-corrected chi connectivity index (χ3v) is 3.19. The Kier molecular flexibility index (Phi) is 4.30. The van der Waals surface area contributed by atoms with Crippen molar-refractivity contribution in [3.63, 3.8) is 0 Å². The van der Waals surface area contributed by atoms with Crippen molar-refractivity contribution in [3.8, 4) is 0 Å². The highest BCUT2D eigenvalue weighted by Gasteiger charge is 2.12. The first-order valence-corrected chi connectivity index (χ1v) is 6.63. The summed E-state index contributed by atoms with van der Waals surface area (Å²) in [7, 11) is 0. The van der Waals surface area contributed by atoms with Crippen molar-refractivity contribution >= 4 is 23.3 Å². The van der Waals surface area contributed by atoms with Gasteiger partial charge < -0.3 is 10.5 Å². The predicted octanol–water partition coefficient (Wildman–Crippen LogP) is 3.90. The fourth-order valence-corrected chi connectivity index (χ4v) is 2.27. The van der Waals surface area contributed by atoms with Crippen molar-refractivity contribution < 1.29 is 9.53 Å². The summed E-state index contributed by atoms with van der Waals surface area (Å²) in [6, 6.07) is 10.8. The molecule has 20 heavy (non-hydrogen) atoms. The average molecular weight is 290 g/mol. The van der Waals surface area contributed by atoms with Gasteiger partial charge in [0, 0.05) is 5.69 Å². The second-order valence-electron chi connectivity index (χ2n) is 4.81. The molecule has 2 aromatic carbocycles. The average Bonchev–Trinajstić information content (AvgIpc) is 2.38. The molecule has 0 saturated heterocycles. The van der Waals surface area contributed by atoms with Crippen LogP contribution in [0.5, 0.6) is 0 Å². The maximum Gasteiger partial charge on any atom is 0.340 e. The minimum Gasteiger partial charge on any atom is -0.457 e. The molecule has 104 valence electrons. The highest BCUT2D eigenvalue weighted by atomic mass is 35.5. The number of rotatable bonds is 3. The van der Waals surface area contributed by atoms with Crippen molar-refractivity contribution in [2.75, 3.05) is 5.73 Å². The fourth-order valence-electron chi connectivity index (χ4n) is 2.08. The van der Waals surface area contributed by atoms with Crippen LogP contribution in [0, 0.1) is 13.8 Å². The number of ether oxygens (including phenoxy) is 1. The van der Waals surface area contributed by atoms with Crippen molar-refractivity contribution in [3.05, 3.63) is 63.7 Å². The van der Waals surface area contributed by atoms with Crippen molar-refractivity contribution in [1.82, 2.24) is 0 Å². The molecule has 0 aliphatic heterocycles. The summed E-state index contributed by atoms with van der Waals surface area (Å²) in [5.41, 5.74) is 9.64. The monoisotopic (exact) mass is 289 g/mol. The summed E-state index contributed by atoms with van der Waals surface area (Å²) in [5.74, 6) is -0.471. The third kappa shape index (κ3) is 3.52. The molecule has 0 amide bonds. The number of benzene rings is 2. The highest BCUT2D eigenvalue weighted by Crippen LogP contribution is 2.20. The van der Waals surface area contributed by atoms with Crippen LogP contribution in [0.15, 0.2) is 36.4 Å². The molecule has 0 heterocycles. The topological polar surface area (TPSA) is 52.3 Å². The molecule has 2 N–H and O–H groups in total. The first kappa shape index (κ1) is 14.4. The maximum absolute atomic E-state index is 12.0. The van der Waals surface area contributed by atoms with E-state index >= 15 is 0 Å². The molecule has 0 aliphatic rings. The van der Waals surface area contributed by atoms with Crippen molar-refractivity contribution in [1.29, 1.82) is 0 Å². The molecule has 0 radical (unpaired) electrons. The molecule has 0 bridgehead atoms. The summed E-state index contributed by atoms with van der Waals surface area (Å²) >= 11 is 5.97. The summed E-state index contributed by atoms with van der Waals surface area (Å²) in [6.07, 6.45) is 0. The molecule has 0 spiro atoms. The number of hydrogen-bond acceptors (Lipinski definition) is 3. The zero-order valence-electron chi connectivity index (χ0n) is 11.4. The van der Waals surface area contributed by atoms with E-state index in [-0.39, 0.29) is 12.2 Å². The Morgan fingerprint density at radius 2 is 1.80 bits per heavy atom. The number of nitrogen functional groups attached to an aromatic ring is 1. The zero-order valence-corrected chi connectivity index (χ0v) is 12.2. The minimum atomic E-state index is -0.471. The Labute approximate surface area is 123 Å². The van der Waals surface area contributed by atoms with Crippen LogP contribution in [-0.2, 0) is 11.3 Å². The van der Waals surface area contributed by atoms with Crippen LogP contribution in [-0.4, -0.2) is 5.97 Å². The van der Waals surface area contributed by atoms with Gasteiger partial charge in [-0.15, -0.1) is 0 Å². The van der Waals surface area contributed by atoms with Gasteiger partial charge in [-0.1, -0.05) is 40.9 Å². The number of esters is 1. The molecule has 2 aromatic rings. The van der Waals surface area contributed by atoms with E-state index in [1.165, 1.54) is 6.07 Å². The molecule has 2 rings (SSSR count). The summed E-state index contributed by atoms with van der Waals surface area (Å²) in [5, 5.41) is 0.338. The Hall–Kier alpha value is -2.00. The van der Waals surface area contributed by atoms with E-state index in [9.17, 15) is 4.79 Å². The number of nitrogens with two attached hydrogens (primary N) is 1. The van der Waals surface area contributed by atoms with E-state index in [1.54, 1.807) is 12.1 Å². The summed E-state index contributed by atoms with van der Waals surface area (Å²) in [4.78, 5) is 12.0.